The number of aromatic carboxylic acids is 1. The van der Waals surface area contributed by atoms with Gasteiger partial charge in [-0.05, 0) is 6.07 Å². The number of hydrogen-bond donors (Lipinski definition) is 1. The van der Waals surface area contributed by atoms with Gasteiger partial charge < -0.3 is 19.4 Å². The normalized spacial score (nSPS) is 9.00. The van der Waals surface area contributed by atoms with Crippen LogP contribution in [0.4, 0.5) is 0 Å². The first-order valence-corrected chi connectivity index (χ1v) is 5.05. The molecule has 5 nitrogen and oxygen atoms in total. The highest BCUT2D eigenvalue weighted by molar-refractivity contribution is 5.92. The van der Waals surface area contributed by atoms with Crippen molar-refractivity contribution in [3.05, 3.63) is 23.3 Å². The Labute approximate surface area is 104 Å². The molecule has 0 saturated heterocycles. The van der Waals surface area contributed by atoms with E-state index in [-0.39, 0.29) is 17.5 Å². The van der Waals surface area contributed by atoms with Crippen LogP contribution in [0.5, 0.6) is 11.5 Å². The van der Waals surface area contributed by atoms with E-state index in [0.29, 0.717) is 17.8 Å². The molecule has 1 aromatic carbocycles. The quantitative estimate of drug-likeness (QED) is 0.643. The number of hydrogen-bond acceptors (Lipinski definition) is 4. The van der Waals surface area contributed by atoms with E-state index in [2.05, 4.69) is 11.8 Å². The summed E-state index contributed by atoms with van der Waals surface area (Å²) >= 11 is 0. The smallest absolute Gasteiger partial charge is 0.337 e. The van der Waals surface area contributed by atoms with E-state index < -0.39 is 5.97 Å². The van der Waals surface area contributed by atoms with Crippen LogP contribution < -0.4 is 9.47 Å². The number of benzene rings is 1. The molecule has 0 heterocycles. The summed E-state index contributed by atoms with van der Waals surface area (Å²) in [7, 11) is 2.86. The molecule has 0 aliphatic rings. The SMILES string of the molecule is COc1cc(C#CCC=O)c(C(=O)O)cc1OC. The molecule has 0 bridgehead atoms. The lowest BCUT2D eigenvalue weighted by molar-refractivity contribution is -0.107. The van der Waals surface area contributed by atoms with Crippen molar-refractivity contribution in [2.45, 2.75) is 6.42 Å². The van der Waals surface area contributed by atoms with E-state index in [9.17, 15) is 9.59 Å². The van der Waals surface area contributed by atoms with E-state index in [1.165, 1.54) is 26.4 Å². The van der Waals surface area contributed by atoms with E-state index in [4.69, 9.17) is 14.6 Å². The van der Waals surface area contributed by atoms with Gasteiger partial charge in [0.15, 0.2) is 11.5 Å². The van der Waals surface area contributed by atoms with E-state index in [0.717, 1.165) is 0 Å². The Balaban J connectivity index is 3.34. The molecule has 0 saturated carbocycles. The molecular formula is C13H12O5. The van der Waals surface area contributed by atoms with Gasteiger partial charge in [0.2, 0.25) is 0 Å². The maximum atomic E-state index is 11.1. The van der Waals surface area contributed by atoms with Crippen LogP contribution in [0, 0.1) is 11.8 Å². The minimum absolute atomic E-state index is 0.00560. The molecule has 0 aliphatic heterocycles. The first kappa shape index (κ1) is 13.6. The van der Waals surface area contributed by atoms with Crippen molar-refractivity contribution in [3.8, 4) is 23.3 Å². The van der Waals surface area contributed by atoms with Crippen LogP contribution in [0.25, 0.3) is 0 Å². The van der Waals surface area contributed by atoms with Gasteiger partial charge in [-0.25, -0.2) is 4.79 Å². The Morgan fingerprint density at radius 3 is 2.44 bits per heavy atom. The molecule has 0 radical (unpaired) electrons. The highest BCUT2D eigenvalue weighted by Crippen LogP contribution is 2.30. The van der Waals surface area contributed by atoms with Crippen molar-refractivity contribution in [2.24, 2.45) is 0 Å². The molecule has 0 aromatic heterocycles. The molecule has 0 atom stereocenters. The zero-order chi connectivity index (χ0) is 13.5. The Bertz CT molecular complexity index is 522. The highest BCUT2D eigenvalue weighted by atomic mass is 16.5. The van der Waals surface area contributed by atoms with Crippen LogP contribution in [-0.4, -0.2) is 31.6 Å². The average Bonchev–Trinajstić information content (AvgIpc) is 2.38. The largest absolute Gasteiger partial charge is 0.493 e. The van der Waals surface area contributed by atoms with Crippen LogP contribution in [0.2, 0.25) is 0 Å². The molecule has 0 unspecified atom stereocenters. The van der Waals surface area contributed by atoms with Crippen molar-refractivity contribution >= 4 is 12.3 Å². The molecular weight excluding hydrogens is 236 g/mol. The standard InChI is InChI=1S/C13H12O5/c1-17-11-7-9(5-3-4-6-14)10(13(15)16)8-12(11)18-2/h6-8H,4H2,1-2H3,(H,15,16). The van der Waals surface area contributed by atoms with Crippen LogP contribution >= 0.6 is 0 Å². The molecule has 94 valence electrons. The van der Waals surface area contributed by atoms with Crippen molar-refractivity contribution in [1.82, 2.24) is 0 Å². The molecule has 1 rings (SSSR count). The Morgan fingerprint density at radius 1 is 1.33 bits per heavy atom. The Hall–Kier alpha value is -2.48. The van der Waals surface area contributed by atoms with Gasteiger partial charge in [0.05, 0.1) is 26.2 Å². The predicted octanol–water partition coefficient (Wildman–Crippen LogP) is 1.34. The second-order valence-electron chi connectivity index (χ2n) is 3.23. The van der Waals surface area contributed by atoms with Crippen molar-refractivity contribution in [2.75, 3.05) is 14.2 Å². The molecule has 0 aliphatic carbocycles. The average molecular weight is 248 g/mol. The number of carbonyl (C=O) groups is 2. The van der Waals surface area contributed by atoms with E-state index >= 15 is 0 Å². The molecule has 0 fully saturated rings. The number of carboxylic acids is 1. The maximum absolute atomic E-state index is 11.1. The topological polar surface area (TPSA) is 72.8 Å². The Kier molecular flexibility index (Phi) is 4.76. The summed E-state index contributed by atoms with van der Waals surface area (Å²) < 4.78 is 10.1. The fourth-order valence-corrected chi connectivity index (χ4v) is 1.35. The lowest BCUT2D eigenvalue weighted by Crippen LogP contribution is -2.02. The third-order valence-electron chi connectivity index (χ3n) is 2.16. The number of rotatable bonds is 4. The van der Waals surface area contributed by atoms with Gasteiger partial charge in [0.1, 0.15) is 6.29 Å². The zero-order valence-corrected chi connectivity index (χ0v) is 10.0. The van der Waals surface area contributed by atoms with Crippen molar-refractivity contribution < 1.29 is 24.2 Å². The fourth-order valence-electron chi connectivity index (χ4n) is 1.35. The summed E-state index contributed by atoms with van der Waals surface area (Å²) in [5.74, 6) is 4.76. The predicted molar refractivity (Wildman–Crippen MR) is 64.1 cm³/mol. The van der Waals surface area contributed by atoms with Gasteiger partial charge in [0, 0.05) is 11.6 Å². The minimum Gasteiger partial charge on any atom is -0.493 e. The zero-order valence-electron chi connectivity index (χ0n) is 10.0. The summed E-state index contributed by atoms with van der Waals surface area (Å²) in [5.41, 5.74) is 0.285. The summed E-state index contributed by atoms with van der Waals surface area (Å²) in [5, 5.41) is 9.07. The van der Waals surface area contributed by atoms with Gasteiger partial charge in [-0.2, -0.15) is 0 Å². The van der Waals surface area contributed by atoms with Crippen LogP contribution in [0.3, 0.4) is 0 Å². The monoisotopic (exact) mass is 248 g/mol. The Morgan fingerprint density at radius 2 is 1.94 bits per heavy atom. The summed E-state index contributed by atoms with van der Waals surface area (Å²) in [6, 6.07) is 2.81. The van der Waals surface area contributed by atoms with Crippen molar-refractivity contribution in [3.63, 3.8) is 0 Å². The molecule has 18 heavy (non-hydrogen) atoms. The molecule has 0 amide bonds. The van der Waals surface area contributed by atoms with Crippen LogP contribution in [0.15, 0.2) is 12.1 Å². The van der Waals surface area contributed by atoms with Crippen LogP contribution in [-0.2, 0) is 4.79 Å². The second-order valence-corrected chi connectivity index (χ2v) is 3.23. The minimum atomic E-state index is -1.12. The molecule has 1 N–H and O–H groups in total. The highest BCUT2D eigenvalue weighted by Gasteiger charge is 2.14. The molecule has 0 spiro atoms. The third kappa shape index (κ3) is 3.01. The number of carbonyl (C=O) groups excluding carboxylic acids is 1. The van der Waals surface area contributed by atoms with Gasteiger partial charge in [-0.3, -0.25) is 0 Å². The van der Waals surface area contributed by atoms with Gasteiger partial charge in [0.25, 0.3) is 0 Å². The van der Waals surface area contributed by atoms with E-state index in [1.807, 2.05) is 0 Å². The molecule has 1 aromatic rings. The fraction of sp³-hybridized carbons (Fsp3) is 0.231. The van der Waals surface area contributed by atoms with Gasteiger partial charge in [-0.15, -0.1) is 0 Å². The number of carboxylic acid groups (broad SMARTS) is 1. The lowest BCUT2D eigenvalue weighted by atomic mass is 10.1. The van der Waals surface area contributed by atoms with E-state index in [1.54, 1.807) is 0 Å². The number of aldehydes is 1. The summed E-state index contributed by atoms with van der Waals surface area (Å²) in [6.45, 7) is 0. The first-order valence-electron chi connectivity index (χ1n) is 5.05. The van der Waals surface area contributed by atoms with Crippen LogP contribution in [0.1, 0.15) is 22.3 Å². The van der Waals surface area contributed by atoms with Gasteiger partial charge in [-0.1, -0.05) is 11.8 Å². The third-order valence-corrected chi connectivity index (χ3v) is 2.16. The van der Waals surface area contributed by atoms with Crippen molar-refractivity contribution in [1.29, 1.82) is 0 Å². The summed E-state index contributed by atoms with van der Waals surface area (Å²) in [4.78, 5) is 21.3. The molecule has 5 heteroatoms. The lowest BCUT2D eigenvalue weighted by Gasteiger charge is -2.09. The summed E-state index contributed by atoms with van der Waals surface area (Å²) in [6.07, 6.45) is 0.696. The maximum Gasteiger partial charge on any atom is 0.337 e. The second kappa shape index (κ2) is 6.30. The number of methoxy groups -OCH3 is 2. The van der Waals surface area contributed by atoms with Gasteiger partial charge >= 0.3 is 5.97 Å². The first-order chi connectivity index (χ1) is 8.63. The number of ether oxygens (including phenoxy) is 2.